The quantitative estimate of drug-likeness (QED) is 0.408. The second-order valence-corrected chi connectivity index (χ2v) is 9.19. The maximum absolute atomic E-state index is 11.4. The minimum absolute atomic E-state index is 0.0871. The van der Waals surface area contributed by atoms with Crippen molar-refractivity contribution in [2.24, 2.45) is 5.92 Å². The fraction of sp³-hybridized carbons (Fsp3) is 0.393. The summed E-state index contributed by atoms with van der Waals surface area (Å²) in [7, 11) is 3.68. The number of anilines is 1. The molecule has 1 aliphatic carbocycles. The topological polar surface area (TPSA) is 84.8 Å². The molecule has 2 atom stereocenters. The maximum atomic E-state index is 11.4. The van der Waals surface area contributed by atoms with Gasteiger partial charge in [0.25, 0.3) is 0 Å². The van der Waals surface area contributed by atoms with E-state index in [0.717, 1.165) is 59.8 Å². The standard InChI is InChI=1S/C28H33N3O4/c1-18-17-29-26(20-6-9-22(34-4)10-7-20)30-27(18)31(3)14-5-15-35-23-11-13-25-21(16-23)8-12-24(25)19(2)28(32)33/h6-7,9-11,13,16-17,19,24H,5,8,12,14-15H2,1-4H3,(H,32,33)/t19-,24-/m0/s1. The molecule has 35 heavy (non-hydrogen) atoms. The van der Waals surface area contributed by atoms with Crippen molar-refractivity contribution in [1.82, 2.24) is 9.97 Å². The molecule has 7 heteroatoms. The van der Waals surface area contributed by atoms with Crippen LogP contribution in [0, 0.1) is 12.8 Å². The number of ether oxygens (including phenoxy) is 2. The van der Waals surface area contributed by atoms with Gasteiger partial charge >= 0.3 is 5.97 Å². The first kappa shape index (κ1) is 24.5. The maximum Gasteiger partial charge on any atom is 0.306 e. The van der Waals surface area contributed by atoms with Crippen LogP contribution in [-0.4, -0.2) is 48.4 Å². The number of methoxy groups -OCH3 is 1. The SMILES string of the molecule is COc1ccc(-c2ncc(C)c(N(C)CCCOc3ccc4c(c3)CC[C@H]4[C@H](C)C(=O)O)n2)cc1. The lowest BCUT2D eigenvalue weighted by molar-refractivity contribution is -0.141. The first-order valence-corrected chi connectivity index (χ1v) is 12.0. The summed E-state index contributed by atoms with van der Waals surface area (Å²) in [4.78, 5) is 22.8. The van der Waals surface area contributed by atoms with Crippen LogP contribution < -0.4 is 14.4 Å². The van der Waals surface area contributed by atoms with Crippen LogP contribution in [0.1, 0.15) is 42.4 Å². The number of nitrogens with zero attached hydrogens (tertiary/aromatic N) is 3. The highest BCUT2D eigenvalue weighted by Crippen LogP contribution is 2.40. The molecule has 0 bridgehead atoms. The number of aryl methyl sites for hydroxylation is 2. The second-order valence-electron chi connectivity index (χ2n) is 9.19. The van der Waals surface area contributed by atoms with E-state index in [-0.39, 0.29) is 11.8 Å². The van der Waals surface area contributed by atoms with Gasteiger partial charge in [-0.15, -0.1) is 0 Å². The Balaban J connectivity index is 1.33. The monoisotopic (exact) mass is 475 g/mol. The van der Waals surface area contributed by atoms with Crippen LogP contribution in [0.15, 0.2) is 48.7 Å². The predicted octanol–water partition coefficient (Wildman–Crippen LogP) is 5.12. The average Bonchev–Trinajstić information content (AvgIpc) is 3.29. The highest BCUT2D eigenvalue weighted by atomic mass is 16.5. The number of benzene rings is 2. The largest absolute Gasteiger partial charge is 0.497 e. The van der Waals surface area contributed by atoms with Crippen LogP contribution in [0.2, 0.25) is 0 Å². The van der Waals surface area contributed by atoms with Crippen LogP contribution in [0.4, 0.5) is 5.82 Å². The Kier molecular flexibility index (Phi) is 7.54. The number of rotatable bonds is 10. The Labute approximate surface area is 206 Å². The van der Waals surface area contributed by atoms with Crippen LogP contribution in [0.3, 0.4) is 0 Å². The Morgan fingerprint density at radius 3 is 2.66 bits per heavy atom. The molecule has 0 aliphatic heterocycles. The molecule has 4 rings (SSSR count). The summed E-state index contributed by atoms with van der Waals surface area (Å²) in [6.45, 7) is 5.20. The lowest BCUT2D eigenvalue weighted by atomic mass is 9.89. The Bertz CT molecular complexity index is 1180. The Hall–Kier alpha value is -3.61. The minimum atomic E-state index is -0.734. The fourth-order valence-corrected chi connectivity index (χ4v) is 4.70. The number of carboxylic acid groups (broad SMARTS) is 1. The summed E-state index contributed by atoms with van der Waals surface area (Å²) < 4.78 is 11.3. The molecule has 184 valence electrons. The van der Waals surface area contributed by atoms with Crippen LogP contribution in [-0.2, 0) is 11.2 Å². The molecule has 0 saturated heterocycles. The van der Waals surface area contributed by atoms with Crippen molar-refractivity contribution in [3.05, 3.63) is 65.4 Å². The van der Waals surface area contributed by atoms with E-state index in [9.17, 15) is 9.90 Å². The average molecular weight is 476 g/mol. The summed E-state index contributed by atoms with van der Waals surface area (Å²) in [5.41, 5.74) is 4.33. The smallest absolute Gasteiger partial charge is 0.306 e. The third kappa shape index (κ3) is 5.56. The molecule has 3 aromatic rings. The highest BCUT2D eigenvalue weighted by Gasteiger charge is 2.31. The second kappa shape index (κ2) is 10.8. The summed E-state index contributed by atoms with van der Waals surface area (Å²) >= 11 is 0. The van der Waals surface area contributed by atoms with Crippen LogP contribution in [0.25, 0.3) is 11.4 Å². The first-order valence-electron chi connectivity index (χ1n) is 12.0. The van der Waals surface area contributed by atoms with Crippen molar-refractivity contribution in [2.45, 2.75) is 39.0 Å². The molecule has 0 radical (unpaired) electrons. The Morgan fingerprint density at radius 2 is 1.94 bits per heavy atom. The van der Waals surface area contributed by atoms with Crippen LogP contribution >= 0.6 is 0 Å². The molecule has 1 heterocycles. The molecule has 0 unspecified atom stereocenters. The zero-order chi connectivity index (χ0) is 24.9. The number of fused-ring (bicyclic) bond motifs is 1. The molecular formula is C28H33N3O4. The van der Waals surface area contributed by atoms with Crippen molar-refractivity contribution in [3.8, 4) is 22.9 Å². The number of aromatic nitrogens is 2. The van der Waals surface area contributed by atoms with Gasteiger partial charge in [-0.05, 0) is 79.6 Å². The van der Waals surface area contributed by atoms with E-state index in [1.807, 2.05) is 56.6 Å². The molecule has 0 fully saturated rings. The summed E-state index contributed by atoms with van der Waals surface area (Å²) in [6, 6.07) is 13.8. The van der Waals surface area contributed by atoms with Crippen molar-refractivity contribution < 1.29 is 19.4 Å². The van der Waals surface area contributed by atoms with E-state index in [4.69, 9.17) is 14.5 Å². The molecule has 1 aliphatic rings. The molecule has 7 nitrogen and oxygen atoms in total. The number of carbonyl (C=O) groups is 1. The van der Waals surface area contributed by atoms with Gasteiger partial charge in [0.1, 0.15) is 17.3 Å². The van der Waals surface area contributed by atoms with Crippen molar-refractivity contribution in [2.75, 3.05) is 32.2 Å². The van der Waals surface area contributed by atoms with E-state index in [0.29, 0.717) is 12.4 Å². The van der Waals surface area contributed by atoms with E-state index in [1.165, 1.54) is 5.56 Å². The van der Waals surface area contributed by atoms with E-state index in [2.05, 4.69) is 16.0 Å². The molecule has 0 amide bonds. The summed E-state index contributed by atoms with van der Waals surface area (Å²) in [5.74, 6) is 2.22. The minimum Gasteiger partial charge on any atom is -0.497 e. The number of hydrogen-bond acceptors (Lipinski definition) is 6. The van der Waals surface area contributed by atoms with Gasteiger partial charge in [-0.1, -0.05) is 13.0 Å². The normalized spacial score (nSPS) is 15.4. The number of carboxylic acids is 1. The lowest BCUT2D eigenvalue weighted by Gasteiger charge is -2.21. The summed E-state index contributed by atoms with van der Waals surface area (Å²) in [5, 5.41) is 9.36. The van der Waals surface area contributed by atoms with Crippen molar-refractivity contribution >= 4 is 11.8 Å². The van der Waals surface area contributed by atoms with Gasteiger partial charge < -0.3 is 19.5 Å². The van der Waals surface area contributed by atoms with Crippen molar-refractivity contribution in [1.29, 1.82) is 0 Å². The van der Waals surface area contributed by atoms with Gasteiger partial charge in [-0.3, -0.25) is 4.79 Å². The van der Waals surface area contributed by atoms with Gasteiger partial charge in [-0.2, -0.15) is 0 Å². The van der Waals surface area contributed by atoms with E-state index >= 15 is 0 Å². The van der Waals surface area contributed by atoms with Crippen LogP contribution in [0.5, 0.6) is 11.5 Å². The summed E-state index contributed by atoms with van der Waals surface area (Å²) in [6.07, 6.45) is 4.49. The van der Waals surface area contributed by atoms with E-state index < -0.39 is 5.97 Å². The van der Waals surface area contributed by atoms with Gasteiger partial charge in [0, 0.05) is 30.9 Å². The first-order chi connectivity index (χ1) is 16.9. The fourth-order valence-electron chi connectivity index (χ4n) is 4.70. The predicted molar refractivity (Wildman–Crippen MR) is 136 cm³/mol. The third-order valence-electron chi connectivity index (χ3n) is 6.79. The van der Waals surface area contributed by atoms with Gasteiger partial charge in [0.05, 0.1) is 19.6 Å². The van der Waals surface area contributed by atoms with Gasteiger partial charge in [0.2, 0.25) is 0 Å². The number of hydrogen-bond donors (Lipinski definition) is 1. The number of aliphatic carboxylic acids is 1. The molecule has 2 aromatic carbocycles. The molecule has 0 saturated carbocycles. The molecular weight excluding hydrogens is 442 g/mol. The highest BCUT2D eigenvalue weighted by molar-refractivity contribution is 5.71. The lowest BCUT2D eigenvalue weighted by Crippen LogP contribution is -2.22. The zero-order valence-electron chi connectivity index (χ0n) is 20.8. The zero-order valence-corrected chi connectivity index (χ0v) is 20.8. The molecule has 0 spiro atoms. The van der Waals surface area contributed by atoms with Gasteiger partial charge in [0.15, 0.2) is 5.82 Å². The van der Waals surface area contributed by atoms with Gasteiger partial charge in [-0.25, -0.2) is 9.97 Å². The Morgan fingerprint density at radius 1 is 1.20 bits per heavy atom. The van der Waals surface area contributed by atoms with E-state index in [1.54, 1.807) is 14.0 Å². The van der Waals surface area contributed by atoms with Crippen molar-refractivity contribution in [3.63, 3.8) is 0 Å². The molecule has 1 N–H and O–H groups in total. The molecule has 1 aromatic heterocycles. The third-order valence-corrected chi connectivity index (χ3v) is 6.79.